The molecule has 5 nitrogen and oxygen atoms in total. The van der Waals surface area contributed by atoms with Gasteiger partial charge in [0.15, 0.2) is 0 Å². The van der Waals surface area contributed by atoms with Crippen molar-refractivity contribution in [2.45, 2.75) is 0 Å². The van der Waals surface area contributed by atoms with E-state index in [0.29, 0.717) is 11.3 Å². The average molecular weight is 250 g/mol. The first kappa shape index (κ1) is 14.3. The standard InChI is InChI=1S/C13H22N4O/c1-15-7-8-17(4)12-9-10(14)5-6-11(12)13(18)16(2)3/h5-6,9,15H,7-8,14H2,1-4H3. The second-order valence-electron chi connectivity index (χ2n) is 4.50. The average Bonchev–Trinajstić information content (AvgIpc) is 2.34. The molecule has 0 spiro atoms. The highest BCUT2D eigenvalue weighted by molar-refractivity contribution is 6.00. The molecule has 0 saturated carbocycles. The third-order valence-electron chi connectivity index (χ3n) is 2.77. The Morgan fingerprint density at radius 2 is 2.00 bits per heavy atom. The van der Waals surface area contributed by atoms with E-state index in [4.69, 9.17) is 5.73 Å². The molecule has 1 rings (SSSR count). The van der Waals surface area contributed by atoms with Crippen molar-refractivity contribution in [1.29, 1.82) is 0 Å². The summed E-state index contributed by atoms with van der Waals surface area (Å²) in [4.78, 5) is 15.7. The van der Waals surface area contributed by atoms with Crippen LogP contribution in [0.3, 0.4) is 0 Å². The first-order valence-electron chi connectivity index (χ1n) is 5.94. The van der Waals surface area contributed by atoms with Crippen LogP contribution in [0.4, 0.5) is 11.4 Å². The van der Waals surface area contributed by atoms with Gasteiger partial charge in [0.1, 0.15) is 0 Å². The van der Waals surface area contributed by atoms with Gasteiger partial charge in [0, 0.05) is 39.9 Å². The second kappa shape index (κ2) is 6.26. The third-order valence-corrected chi connectivity index (χ3v) is 2.77. The molecule has 3 N–H and O–H groups in total. The smallest absolute Gasteiger partial charge is 0.255 e. The Morgan fingerprint density at radius 1 is 1.33 bits per heavy atom. The zero-order valence-corrected chi connectivity index (χ0v) is 11.5. The predicted molar refractivity (Wildman–Crippen MR) is 76.1 cm³/mol. The summed E-state index contributed by atoms with van der Waals surface area (Å²) >= 11 is 0. The number of carbonyl (C=O) groups is 1. The van der Waals surface area contributed by atoms with E-state index in [2.05, 4.69) is 5.32 Å². The van der Waals surface area contributed by atoms with Crippen molar-refractivity contribution in [3.05, 3.63) is 23.8 Å². The summed E-state index contributed by atoms with van der Waals surface area (Å²) in [6.45, 7) is 1.66. The summed E-state index contributed by atoms with van der Waals surface area (Å²) in [5, 5.41) is 3.09. The maximum absolute atomic E-state index is 12.1. The van der Waals surface area contributed by atoms with Crippen LogP contribution in [0, 0.1) is 0 Å². The Kier molecular flexibility index (Phi) is 4.97. The van der Waals surface area contributed by atoms with Gasteiger partial charge < -0.3 is 20.9 Å². The summed E-state index contributed by atoms with van der Waals surface area (Å²) in [7, 11) is 7.35. The van der Waals surface area contributed by atoms with Gasteiger partial charge in [-0.25, -0.2) is 0 Å². The van der Waals surface area contributed by atoms with E-state index in [1.165, 1.54) is 0 Å². The molecule has 0 atom stereocenters. The molecule has 18 heavy (non-hydrogen) atoms. The number of carbonyl (C=O) groups excluding carboxylic acids is 1. The van der Waals surface area contributed by atoms with Gasteiger partial charge in [-0.15, -0.1) is 0 Å². The van der Waals surface area contributed by atoms with Crippen molar-refractivity contribution in [3.63, 3.8) is 0 Å². The molecule has 1 aromatic carbocycles. The van der Waals surface area contributed by atoms with E-state index in [1.54, 1.807) is 31.1 Å². The van der Waals surface area contributed by atoms with Gasteiger partial charge in [-0.1, -0.05) is 0 Å². The van der Waals surface area contributed by atoms with Crippen LogP contribution in [0.5, 0.6) is 0 Å². The number of anilines is 2. The lowest BCUT2D eigenvalue weighted by molar-refractivity contribution is 0.0828. The molecule has 0 saturated heterocycles. The molecule has 5 heteroatoms. The van der Waals surface area contributed by atoms with Crippen LogP contribution in [0.15, 0.2) is 18.2 Å². The lowest BCUT2D eigenvalue weighted by Crippen LogP contribution is -2.30. The van der Waals surface area contributed by atoms with E-state index in [-0.39, 0.29) is 5.91 Å². The number of benzene rings is 1. The topological polar surface area (TPSA) is 61.6 Å². The van der Waals surface area contributed by atoms with Crippen molar-refractivity contribution < 1.29 is 4.79 Å². The summed E-state index contributed by atoms with van der Waals surface area (Å²) in [5.41, 5.74) is 8.01. The monoisotopic (exact) mass is 250 g/mol. The third kappa shape index (κ3) is 3.37. The highest BCUT2D eigenvalue weighted by atomic mass is 16.2. The molecule has 0 fully saturated rings. The van der Waals surface area contributed by atoms with E-state index in [1.807, 2.05) is 25.1 Å². The predicted octanol–water partition coefficient (Wildman–Crippen LogP) is 0.626. The van der Waals surface area contributed by atoms with E-state index < -0.39 is 0 Å². The van der Waals surface area contributed by atoms with Crippen molar-refractivity contribution >= 4 is 17.3 Å². The Morgan fingerprint density at radius 3 is 2.56 bits per heavy atom. The largest absolute Gasteiger partial charge is 0.399 e. The Balaban J connectivity index is 3.07. The van der Waals surface area contributed by atoms with Gasteiger partial charge >= 0.3 is 0 Å². The van der Waals surface area contributed by atoms with Crippen LogP contribution in [0.25, 0.3) is 0 Å². The van der Waals surface area contributed by atoms with Gasteiger partial charge in [0.05, 0.1) is 11.3 Å². The molecule has 0 radical (unpaired) electrons. The van der Waals surface area contributed by atoms with Crippen molar-refractivity contribution in [2.75, 3.05) is 51.9 Å². The van der Waals surface area contributed by atoms with Gasteiger partial charge in [0.2, 0.25) is 0 Å². The van der Waals surface area contributed by atoms with Gasteiger partial charge in [-0.05, 0) is 25.2 Å². The lowest BCUT2D eigenvalue weighted by Gasteiger charge is -2.23. The number of likely N-dealkylation sites (N-methyl/N-ethyl adjacent to an activating group) is 2. The van der Waals surface area contributed by atoms with Crippen molar-refractivity contribution in [3.8, 4) is 0 Å². The summed E-state index contributed by atoms with van der Waals surface area (Å²) in [6, 6.07) is 5.38. The number of hydrogen-bond donors (Lipinski definition) is 2. The summed E-state index contributed by atoms with van der Waals surface area (Å²) in [6.07, 6.45) is 0. The molecule has 0 aliphatic carbocycles. The van der Waals surface area contributed by atoms with E-state index >= 15 is 0 Å². The fraction of sp³-hybridized carbons (Fsp3) is 0.462. The van der Waals surface area contributed by atoms with Gasteiger partial charge in [-0.2, -0.15) is 0 Å². The number of hydrogen-bond acceptors (Lipinski definition) is 4. The number of amides is 1. The molecule has 0 aliphatic rings. The Hall–Kier alpha value is -1.75. The minimum atomic E-state index is -0.0127. The molecule has 0 aliphatic heterocycles. The molecular formula is C13H22N4O. The first-order valence-corrected chi connectivity index (χ1v) is 5.94. The fourth-order valence-electron chi connectivity index (χ4n) is 1.69. The molecule has 0 heterocycles. The fourth-order valence-corrected chi connectivity index (χ4v) is 1.69. The Labute approximate surface area is 109 Å². The van der Waals surface area contributed by atoms with Crippen LogP contribution >= 0.6 is 0 Å². The van der Waals surface area contributed by atoms with E-state index in [0.717, 1.165) is 18.8 Å². The number of nitrogen functional groups attached to an aromatic ring is 1. The zero-order valence-electron chi connectivity index (χ0n) is 11.5. The maximum Gasteiger partial charge on any atom is 0.255 e. The highest BCUT2D eigenvalue weighted by Gasteiger charge is 2.16. The molecule has 0 aromatic heterocycles. The minimum Gasteiger partial charge on any atom is -0.399 e. The highest BCUT2D eigenvalue weighted by Crippen LogP contribution is 2.23. The quantitative estimate of drug-likeness (QED) is 0.752. The van der Waals surface area contributed by atoms with Crippen LogP contribution in [-0.4, -0.2) is 52.1 Å². The normalized spacial score (nSPS) is 10.2. The van der Waals surface area contributed by atoms with Gasteiger partial charge in [0.25, 0.3) is 5.91 Å². The van der Waals surface area contributed by atoms with Gasteiger partial charge in [-0.3, -0.25) is 4.79 Å². The number of nitrogens with zero attached hydrogens (tertiary/aromatic N) is 2. The molecular weight excluding hydrogens is 228 g/mol. The summed E-state index contributed by atoms with van der Waals surface area (Å²) in [5.74, 6) is -0.0127. The zero-order chi connectivity index (χ0) is 13.7. The second-order valence-corrected chi connectivity index (χ2v) is 4.50. The minimum absolute atomic E-state index is 0.0127. The van der Waals surface area contributed by atoms with Crippen molar-refractivity contribution in [1.82, 2.24) is 10.2 Å². The van der Waals surface area contributed by atoms with Crippen LogP contribution in [0.1, 0.15) is 10.4 Å². The number of rotatable bonds is 5. The lowest BCUT2D eigenvalue weighted by atomic mass is 10.1. The summed E-state index contributed by atoms with van der Waals surface area (Å²) < 4.78 is 0. The maximum atomic E-state index is 12.1. The van der Waals surface area contributed by atoms with Crippen molar-refractivity contribution in [2.24, 2.45) is 0 Å². The molecule has 0 unspecified atom stereocenters. The number of nitrogens with two attached hydrogens (primary N) is 1. The number of nitrogens with one attached hydrogen (secondary N) is 1. The molecule has 0 bridgehead atoms. The first-order chi connectivity index (χ1) is 8.47. The van der Waals surface area contributed by atoms with Crippen LogP contribution < -0.4 is 16.0 Å². The van der Waals surface area contributed by atoms with Crippen LogP contribution in [-0.2, 0) is 0 Å². The molecule has 1 aromatic rings. The molecule has 100 valence electrons. The van der Waals surface area contributed by atoms with Crippen LogP contribution in [0.2, 0.25) is 0 Å². The molecule has 1 amide bonds. The Bertz CT molecular complexity index is 417. The van der Waals surface area contributed by atoms with E-state index in [9.17, 15) is 4.79 Å². The SMILES string of the molecule is CNCCN(C)c1cc(N)ccc1C(=O)N(C)C.